The molecule has 2 heteroatoms. The molecule has 94 valence electrons. The summed E-state index contributed by atoms with van der Waals surface area (Å²) in [6.07, 6.45) is 0. The molecule has 2 aromatic rings. The summed E-state index contributed by atoms with van der Waals surface area (Å²) in [5, 5.41) is 4.25. The van der Waals surface area contributed by atoms with Gasteiger partial charge in [-0.2, -0.15) is 0 Å². The van der Waals surface area contributed by atoms with Crippen molar-refractivity contribution in [3.63, 3.8) is 0 Å². The summed E-state index contributed by atoms with van der Waals surface area (Å²) < 4.78 is 0. The molecule has 0 bridgehead atoms. The summed E-state index contributed by atoms with van der Waals surface area (Å²) >= 11 is 5.90. The number of anilines is 2. The molecule has 0 saturated heterocycles. The van der Waals surface area contributed by atoms with Gasteiger partial charge in [0, 0.05) is 16.4 Å². The predicted octanol–water partition coefficient (Wildman–Crippen LogP) is 5.32. The van der Waals surface area contributed by atoms with Crippen LogP contribution in [0.5, 0.6) is 0 Å². The van der Waals surface area contributed by atoms with Gasteiger partial charge in [0.2, 0.25) is 0 Å². The number of hydrogen-bond donors (Lipinski definition) is 1. The Labute approximate surface area is 114 Å². The monoisotopic (exact) mass is 259 g/mol. The number of aryl methyl sites for hydroxylation is 2. The Morgan fingerprint density at radius 2 is 1.33 bits per heavy atom. The van der Waals surface area contributed by atoms with Crippen LogP contribution in [0.1, 0.15) is 22.3 Å². The molecule has 1 N–H and O–H groups in total. The van der Waals surface area contributed by atoms with E-state index in [0.717, 1.165) is 10.7 Å². The zero-order chi connectivity index (χ0) is 13.3. The van der Waals surface area contributed by atoms with Gasteiger partial charge in [-0.05, 0) is 74.2 Å². The number of benzene rings is 2. The van der Waals surface area contributed by atoms with Crippen molar-refractivity contribution in [2.24, 2.45) is 0 Å². The smallest absolute Gasteiger partial charge is 0.0448 e. The first-order valence-electron chi connectivity index (χ1n) is 6.09. The normalized spacial score (nSPS) is 10.5. The molecule has 0 saturated carbocycles. The van der Waals surface area contributed by atoms with Gasteiger partial charge in [0.25, 0.3) is 0 Å². The summed E-state index contributed by atoms with van der Waals surface area (Å²) in [5.41, 5.74) is 7.50. The zero-order valence-corrected chi connectivity index (χ0v) is 12.0. The van der Waals surface area contributed by atoms with Crippen molar-refractivity contribution in [2.75, 3.05) is 5.32 Å². The minimum Gasteiger partial charge on any atom is -0.355 e. The Hall–Kier alpha value is -1.47. The highest BCUT2D eigenvalue weighted by atomic mass is 35.5. The quantitative estimate of drug-likeness (QED) is 0.770. The minimum atomic E-state index is 0.759. The van der Waals surface area contributed by atoms with Crippen molar-refractivity contribution in [1.29, 1.82) is 0 Å². The lowest BCUT2D eigenvalue weighted by molar-refractivity contribution is 1.24. The van der Waals surface area contributed by atoms with Gasteiger partial charge < -0.3 is 5.32 Å². The average molecular weight is 260 g/mol. The number of hydrogen-bond acceptors (Lipinski definition) is 1. The fourth-order valence-corrected chi connectivity index (χ4v) is 2.21. The van der Waals surface area contributed by atoms with Crippen molar-refractivity contribution < 1.29 is 0 Å². The van der Waals surface area contributed by atoms with Crippen molar-refractivity contribution in [3.05, 3.63) is 57.6 Å². The molecule has 18 heavy (non-hydrogen) atoms. The van der Waals surface area contributed by atoms with E-state index in [9.17, 15) is 0 Å². The molecule has 0 unspecified atom stereocenters. The molecule has 0 spiro atoms. The van der Waals surface area contributed by atoms with Crippen LogP contribution in [0, 0.1) is 27.7 Å². The molecular weight excluding hydrogens is 242 g/mol. The maximum Gasteiger partial charge on any atom is 0.0448 e. The summed E-state index contributed by atoms with van der Waals surface area (Å²) in [4.78, 5) is 0. The number of rotatable bonds is 2. The van der Waals surface area contributed by atoms with Crippen LogP contribution in [0.2, 0.25) is 5.02 Å². The SMILES string of the molecule is Cc1cc(C)c(C)c(Nc2ccc(Cl)cc2)c1C. The Bertz CT molecular complexity index is 544. The van der Waals surface area contributed by atoms with Gasteiger partial charge in [0.1, 0.15) is 0 Å². The van der Waals surface area contributed by atoms with Crippen LogP contribution in [0.4, 0.5) is 11.4 Å². The first kappa shape index (κ1) is 13.0. The molecule has 0 heterocycles. The van der Waals surface area contributed by atoms with Crippen molar-refractivity contribution in [3.8, 4) is 0 Å². The van der Waals surface area contributed by atoms with E-state index in [-0.39, 0.29) is 0 Å². The van der Waals surface area contributed by atoms with E-state index in [1.807, 2.05) is 24.3 Å². The summed E-state index contributed by atoms with van der Waals surface area (Å²) in [7, 11) is 0. The molecule has 0 amide bonds. The number of nitrogens with one attached hydrogen (secondary N) is 1. The fourth-order valence-electron chi connectivity index (χ4n) is 2.08. The van der Waals surface area contributed by atoms with Gasteiger partial charge in [-0.25, -0.2) is 0 Å². The van der Waals surface area contributed by atoms with E-state index < -0.39 is 0 Å². The van der Waals surface area contributed by atoms with Crippen LogP contribution in [0.25, 0.3) is 0 Å². The average Bonchev–Trinajstić information content (AvgIpc) is 2.34. The zero-order valence-electron chi connectivity index (χ0n) is 11.3. The van der Waals surface area contributed by atoms with Crippen molar-refractivity contribution in [2.45, 2.75) is 27.7 Å². The highest BCUT2D eigenvalue weighted by Crippen LogP contribution is 2.29. The molecule has 0 aliphatic rings. The van der Waals surface area contributed by atoms with Gasteiger partial charge in [-0.1, -0.05) is 17.7 Å². The Morgan fingerprint density at radius 3 is 1.83 bits per heavy atom. The minimum absolute atomic E-state index is 0.759. The van der Waals surface area contributed by atoms with E-state index in [0.29, 0.717) is 0 Å². The lowest BCUT2D eigenvalue weighted by Gasteiger charge is -2.17. The van der Waals surface area contributed by atoms with Gasteiger partial charge in [-0.15, -0.1) is 0 Å². The van der Waals surface area contributed by atoms with E-state index >= 15 is 0 Å². The van der Waals surface area contributed by atoms with Gasteiger partial charge in [0.15, 0.2) is 0 Å². The molecule has 0 fully saturated rings. The maximum absolute atomic E-state index is 5.90. The van der Waals surface area contributed by atoms with Crippen LogP contribution in [0.3, 0.4) is 0 Å². The molecule has 0 radical (unpaired) electrons. The third-order valence-corrected chi connectivity index (χ3v) is 3.73. The highest BCUT2D eigenvalue weighted by molar-refractivity contribution is 6.30. The molecule has 0 aliphatic carbocycles. The Balaban J connectivity index is 2.42. The van der Waals surface area contributed by atoms with Crippen LogP contribution >= 0.6 is 11.6 Å². The molecule has 2 rings (SSSR count). The third kappa shape index (κ3) is 2.51. The Morgan fingerprint density at radius 1 is 0.833 bits per heavy atom. The molecular formula is C16H18ClN. The predicted molar refractivity (Wildman–Crippen MR) is 80.1 cm³/mol. The second-order valence-electron chi connectivity index (χ2n) is 4.77. The van der Waals surface area contributed by atoms with E-state index in [1.54, 1.807) is 0 Å². The molecule has 0 aromatic heterocycles. The molecule has 1 nitrogen and oxygen atoms in total. The second-order valence-corrected chi connectivity index (χ2v) is 5.20. The fraction of sp³-hybridized carbons (Fsp3) is 0.250. The van der Waals surface area contributed by atoms with Crippen molar-refractivity contribution >= 4 is 23.0 Å². The maximum atomic E-state index is 5.90. The molecule has 2 aromatic carbocycles. The topological polar surface area (TPSA) is 12.0 Å². The summed E-state index contributed by atoms with van der Waals surface area (Å²) in [6.45, 7) is 8.60. The van der Waals surface area contributed by atoms with E-state index in [4.69, 9.17) is 11.6 Å². The lowest BCUT2D eigenvalue weighted by Crippen LogP contribution is -2.00. The number of halogens is 1. The molecule has 0 atom stereocenters. The standard InChI is InChI=1S/C16H18ClN/c1-10-9-11(2)13(4)16(12(10)3)18-15-7-5-14(17)6-8-15/h5-9,18H,1-4H3. The first-order chi connectivity index (χ1) is 8.49. The van der Waals surface area contributed by atoms with Crippen molar-refractivity contribution in [1.82, 2.24) is 0 Å². The first-order valence-corrected chi connectivity index (χ1v) is 6.47. The highest BCUT2D eigenvalue weighted by Gasteiger charge is 2.08. The van der Waals surface area contributed by atoms with Gasteiger partial charge in [-0.3, -0.25) is 0 Å². The van der Waals surface area contributed by atoms with Gasteiger partial charge in [0.05, 0.1) is 0 Å². The second kappa shape index (κ2) is 5.03. The Kier molecular flexibility index (Phi) is 3.63. The van der Waals surface area contributed by atoms with Crippen LogP contribution in [-0.4, -0.2) is 0 Å². The van der Waals surface area contributed by atoms with Crippen LogP contribution < -0.4 is 5.32 Å². The van der Waals surface area contributed by atoms with E-state index in [2.05, 4.69) is 39.1 Å². The van der Waals surface area contributed by atoms with Gasteiger partial charge >= 0.3 is 0 Å². The largest absolute Gasteiger partial charge is 0.355 e. The van der Waals surface area contributed by atoms with E-state index in [1.165, 1.54) is 27.9 Å². The van der Waals surface area contributed by atoms with Crippen LogP contribution in [-0.2, 0) is 0 Å². The lowest BCUT2D eigenvalue weighted by atomic mass is 9.98. The third-order valence-electron chi connectivity index (χ3n) is 3.48. The molecule has 0 aliphatic heterocycles. The summed E-state index contributed by atoms with van der Waals surface area (Å²) in [5.74, 6) is 0. The summed E-state index contributed by atoms with van der Waals surface area (Å²) in [6, 6.07) is 10.0. The van der Waals surface area contributed by atoms with Crippen LogP contribution in [0.15, 0.2) is 30.3 Å².